The molecule has 0 N–H and O–H groups in total. The minimum absolute atomic E-state index is 0.0479. The average Bonchev–Trinajstić information content (AvgIpc) is 2.48. The highest BCUT2D eigenvalue weighted by Gasteiger charge is 2.17. The van der Waals surface area contributed by atoms with E-state index in [0.717, 1.165) is 0 Å². The number of ether oxygens (including phenoxy) is 1. The Labute approximate surface area is 129 Å². The van der Waals surface area contributed by atoms with E-state index in [2.05, 4.69) is 4.74 Å². The van der Waals surface area contributed by atoms with Crippen LogP contribution < -0.4 is 4.74 Å². The lowest BCUT2D eigenvalue weighted by molar-refractivity contribution is -0.0498. The van der Waals surface area contributed by atoms with Gasteiger partial charge in [-0.25, -0.2) is 4.39 Å². The molecular weight excluding hydrogens is 313 g/mol. The van der Waals surface area contributed by atoms with Crippen LogP contribution in [0.1, 0.15) is 23.3 Å². The molecule has 2 rings (SSSR count). The van der Waals surface area contributed by atoms with Gasteiger partial charge in [-0.3, -0.25) is 4.21 Å². The lowest BCUT2D eigenvalue weighted by atomic mass is 10.1. The first-order chi connectivity index (χ1) is 10.5. The maximum Gasteiger partial charge on any atom is 0.387 e. The second-order valence-electron chi connectivity index (χ2n) is 4.71. The summed E-state index contributed by atoms with van der Waals surface area (Å²) >= 11 is 0. The molecule has 0 aliphatic heterocycles. The summed E-state index contributed by atoms with van der Waals surface area (Å²) in [4.78, 5) is 0. The molecular formula is C16H15F3O2S. The van der Waals surface area contributed by atoms with Crippen LogP contribution in [-0.4, -0.2) is 10.8 Å². The van der Waals surface area contributed by atoms with E-state index < -0.39 is 22.7 Å². The molecule has 2 nitrogen and oxygen atoms in total. The summed E-state index contributed by atoms with van der Waals surface area (Å²) in [5.74, 6) is -0.125. The molecule has 0 bridgehead atoms. The first-order valence-corrected chi connectivity index (χ1v) is 8.01. The van der Waals surface area contributed by atoms with Crippen molar-refractivity contribution in [2.24, 2.45) is 0 Å². The van der Waals surface area contributed by atoms with E-state index in [9.17, 15) is 17.4 Å². The van der Waals surface area contributed by atoms with Crippen LogP contribution in [0.4, 0.5) is 13.2 Å². The van der Waals surface area contributed by atoms with Crippen LogP contribution in [0.5, 0.6) is 5.75 Å². The zero-order valence-corrected chi connectivity index (χ0v) is 12.7. The largest absolute Gasteiger partial charge is 0.435 e. The van der Waals surface area contributed by atoms with Gasteiger partial charge in [0.2, 0.25) is 0 Å². The van der Waals surface area contributed by atoms with Gasteiger partial charge in [0.25, 0.3) is 0 Å². The zero-order chi connectivity index (χ0) is 16.1. The van der Waals surface area contributed by atoms with Gasteiger partial charge in [-0.15, -0.1) is 0 Å². The monoisotopic (exact) mass is 328 g/mol. The van der Waals surface area contributed by atoms with E-state index in [-0.39, 0.29) is 17.3 Å². The molecule has 2 aromatic carbocycles. The molecule has 0 radical (unpaired) electrons. The smallest absolute Gasteiger partial charge is 0.387 e. The van der Waals surface area contributed by atoms with Crippen molar-refractivity contribution >= 4 is 10.8 Å². The summed E-state index contributed by atoms with van der Waals surface area (Å²) < 4.78 is 54.4. The third-order valence-corrected chi connectivity index (χ3v) is 4.86. The van der Waals surface area contributed by atoms with Crippen molar-refractivity contribution in [3.05, 3.63) is 65.5 Å². The number of rotatable bonds is 6. The highest BCUT2D eigenvalue weighted by Crippen LogP contribution is 2.25. The Balaban J connectivity index is 2.04. The van der Waals surface area contributed by atoms with Crippen molar-refractivity contribution in [1.29, 1.82) is 0 Å². The fourth-order valence-corrected chi connectivity index (χ4v) is 3.25. The molecule has 0 aromatic heterocycles. The molecule has 0 unspecified atom stereocenters. The van der Waals surface area contributed by atoms with Crippen molar-refractivity contribution in [3.63, 3.8) is 0 Å². The van der Waals surface area contributed by atoms with Crippen molar-refractivity contribution < 1.29 is 22.1 Å². The predicted octanol–water partition coefficient (Wildman–Crippen LogP) is 4.44. The third-order valence-electron chi connectivity index (χ3n) is 3.19. The molecule has 0 aliphatic rings. The zero-order valence-electron chi connectivity index (χ0n) is 11.8. The predicted molar refractivity (Wildman–Crippen MR) is 79.7 cm³/mol. The Morgan fingerprint density at radius 2 is 1.73 bits per heavy atom. The highest BCUT2D eigenvalue weighted by molar-refractivity contribution is 7.84. The molecule has 22 heavy (non-hydrogen) atoms. The lowest BCUT2D eigenvalue weighted by Gasteiger charge is -2.13. The van der Waals surface area contributed by atoms with Gasteiger partial charge < -0.3 is 4.74 Å². The quantitative estimate of drug-likeness (QED) is 0.784. The topological polar surface area (TPSA) is 26.3 Å². The Bertz CT molecular complexity index is 644. The van der Waals surface area contributed by atoms with Crippen LogP contribution in [-0.2, 0) is 16.6 Å². The van der Waals surface area contributed by atoms with Crippen LogP contribution in [0, 0.1) is 5.82 Å². The van der Waals surface area contributed by atoms with Crippen molar-refractivity contribution in [2.75, 3.05) is 0 Å². The molecule has 0 amide bonds. The number of hydrogen-bond acceptors (Lipinski definition) is 2. The van der Waals surface area contributed by atoms with Gasteiger partial charge in [0.15, 0.2) is 0 Å². The first kappa shape index (κ1) is 16.5. The van der Waals surface area contributed by atoms with Gasteiger partial charge in [0.1, 0.15) is 11.6 Å². The molecule has 0 spiro atoms. The van der Waals surface area contributed by atoms with Crippen LogP contribution in [0.3, 0.4) is 0 Å². The molecule has 0 saturated heterocycles. The third kappa shape index (κ3) is 4.34. The van der Waals surface area contributed by atoms with Crippen molar-refractivity contribution in [3.8, 4) is 5.75 Å². The standard InChI is InChI=1S/C16H15F3O2S/c1-11(14-4-2-3-5-15(14)17)22(20)10-12-6-8-13(9-7-12)21-16(18)19/h2-9,11,16H,10H2,1H3/t11-,22+/m0/s1. The Morgan fingerprint density at radius 3 is 2.32 bits per heavy atom. The fraction of sp³-hybridized carbons (Fsp3) is 0.250. The second kappa shape index (κ2) is 7.45. The molecule has 6 heteroatoms. The average molecular weight is 328 g/mol. The van der Waals surface area contributed by atoms with E-state index in [4.69, 9.17) is 0 Å². The summed E-state index contributed by atoms with van der Waals surface area (Å²) in [6.45, 7) is -1.18. The molecule has 0 fully saturated rings. The summed E-state index contributed by atoms with van der Waals surface area (Å²) in [5, 5.41) is -0.460. The maximum absolute atomic E-state index is 13.7. The molecule has 118 valence electrons. The molecule has 0 aliphatic carbocycles. The normalized spacial score (nSPS) is 13.9. The summed E-state index contributed by atoms with van der Waals surface area (Å²) in [5.41, 5.74) is 1.11. The fourth-order valence-electron chi connectivity index (χ4n) is 2.00. The Morgan fingerprint density at radius 1 is 1.09 bits per heavy atom. The summed E-state index contributed by atoms with van der Waals surface area (Å²) in [6.07, 6.45) is 0. The van der Waals surface area contributed by atoms with E-state index in [1.54, 1.807) is 37.3 Å². The Hall–Kier alpha value is -1.82. The van der Waals surface area contributed by atoms with Gasteiger partial charge in [0, 0.05) is 22.1 Å². The second-order valence-corrected chi connectivity index (χ2v) is 6.47. The molecule has 2 aromatic rings. The molecule has 2 atom stereocenters. The molecule has 0 heterocycles. The van der Waals surface area contributed by atoms with Crippen LogP contribution in [0.15, 0.2) is 48.5 Å². The summed E-state index contributed by atoms with van der Waals surface area (Å²) in [7, 11) is -1.32. The first-order valence-electron chi connectivity index (χ1n) is 6.62. The van der Waals surface area contributed by atoms with Crippen molar-refractivity contribution in [1.82, 2.24) is 0 Å². The number of hydrogen-bond donors (Lipinski definition) is 0. The Kier molecular flexibility index (Phi) is 5.60. The van der Waals surface area contributed by atoms with Gasteiger partial charge >= 0.3 is 6.61 Å². The van der Waals surface area contributed by atoms with Crippen LogP contribution in [0.25, 0.3) is 0 Å². The van der Waals surface area contributed by atoms with E-state index in [0.29, 0.717) is 11.1 Å². The van der Waals surface area contributed by atoms with Crippen molar-refractivity contribution in [2.45, 2.75) is 24.5 Å². The van der Waals surface area contributed by atoms with Gasteiger partial charge in [-0.05, 0) is 30.7 Å². The van der Waals surface area contributed by atoms with Crippen LogP contribution >= 0.6 is 0 Å². The highest BCUT2D eigenvalue weighted by atomic mass is 32.2. The number of halogens is 3. The van der Waals surface area contributed by atoms with Gasteiger partial charge in [-0.1, -0.05) is 30.3 Å². The van der Waals surface area contributed by atoms with E-state index >= 15 is 0 Å². The minimum atomic E-state index is -2.87. The lowest BCUT2D eigenvalue weighted by Crippen LogP contribution is -2.07. The van der Waals surface area contributed by atoms with E-state index in [1.807, 2.05) is 0 Å². The number of benzene rings is 2. The SMILES string of the molecule is C[C@@H](c1ccccc1F)[S@](=O)Cc1ccc(OC(F)F)cc1. The number of alkyl halides is 2. The minimum Gasteiger partial charge on any atom is -0.435 e. The van der Waals surface area contributed by atoms with Gasteiger partial charge in [-0.2, -0.15) is 8.78 Å². The maximum atomic E-state index is 13.7. The van der Waals surface area contributed by atoms with Gasteiger partial charge in [0.05, 0.1) is 5.25 Å². The molecule has 0 saturated carbocycles. The summed E-state index contributed by atoms with van der Waals surface area (Å²) in [6, 6.07) is 12.2. The van der Waals surface area contributed by atoms with Crippen LogP contribution in [0.2, 0.25) is 0 Å². The van der Waals surface area contributed by atoms with E-state index in [1.165, 1.54) is 18.2 Å².